The van der Waals surface area contributed by atoms with E-state index in [0.29, 0.717) is 45.5 Å². The molecule has 1 amide bonds. The maximum absolute atomic E-state index is 12.7. The molecule has 1 fully saturated rings. The van der Waals surface area contributed by atoms with Crippen LogP contribution in [0.4, 0.5) is 5.69 Å². The summed E-state index contributed by atoms with van der Waals surface area (Å²) in [7, 11) is 2.14. The fourth-order valence-corrected chi connectivity index (χ4v) is 5.16. The fourth-order valence-electron chi connectivity index (χ4n) is 5.16. The van der Waals surface area contributed by atoms with Gasteiger partial charge in [0.05, 0.1) is 22.5 Å². The second kappa shape index (κ2) is 12.4. The molecule has 1 saturated heterocycles. The third-order valence-electron chi connectivity index (χ3n) is 7.54. The molecular weight excluding hydrogens is 518 g/mol. The predicted octanol–water partition coefficient (Wildman–Crippen LogP) is 4.42. The van der Waals surface area contributed by atoms with E-state index in [1.54, 1.807) is 37.3 Å². The zero-order chi connectivity index (χ0) is 28.9. The molecule has 1 aliphatic rings. The molecule has 4 aromatic rings. The highest BCUT2D eigenvalue weighted by Gasteiger charge is 2.21. The summed E-state index contributed by atoms with van der Waals surface area (Å²) in [5, 5.41) is 24.1. The summed E-state index contributed by atoms with van der Waals surface area (Å²) in [5.74, 6) is -1.26. The smallest absolute Gasteiger partial charge is 0.336 e. The number of carboxylic acids is 1. The number of aromatic carboxylic acids is 1. The number of aromatic nitrogens is 1. The lowest BCUT2D eigenvalue weighted by atomic mass is 9.98. The molecule has 3 aromatic carbocycles. The number of H-pyrrole nitrogens is 1. The molecule has 9 heteroatoms. The maximum atomic E-state index is 12.7. The minimum absolute atomic E-state index is 0.0999. The van der Waals surface area contributed by atoms with Crippen molar-refractivity contribution in [2.24, 2.45) is 4.99 Å². The third-order valence-corrected chi connectivity index (χ3v) is 7.54. The molecule has 9 nitrogen and oxygen atoms in total. The van der Waals surface area contributed by atoms with Crippen LogP contribution in [0.5, 0.6) is 5.88 Å². The van der Waals surface area contributed by atoms with Crippen LogP contribution in [0.3, 0.4) is 0 Å². The lowest BCUT2D eigenvalue weighted by molar-refractivity contribution is 0.0696. The molecule has 1 aromatic heterocycles. The second-order valence-electron chi connectivity index (χ2n) is 10.5. The summed E-state index contributed by atoms with van der Waals surface area (Å²) >= 11 is 0. The molecule has 1 aliphatic heterocycles. The molecule has 0 spiro atoms. The first kappa shape index (κ1) is 28.1. The zero-order valence-electron chi connectivity index (χ0n) is 23.4. The SMILES string of the molecule is Cc1cc2c(C(=Nc3ccc(C(=O)NCCCN4CCN(C)CC4)cc3)c3ccccc3)c(O)[nH]c2cc1C(=O)O. The highest BCUT2D eigenvalue weighted by atomic mass is 16.4. The van der Waals surface area contributed by atoms with E-state index in [1.165, 1.54) is 6.07 Å². The average molecular weight is 554 g/mol. The minimum atomic E-state index is -1.03. The molecule has 0 unspecified atom stereocenters. The van der Waals surface area contributed by atoms with Gasteiger partial charge in [-0.1, -0.05) is 30.3 Å². The van der Waals surface area contributed by atoms with E-state index in [-0.39, 0.29) is 17.4 Å². The Balaban J connectivity index is 1.36. The van der Waals surface area contributed by atoms with Crippen LogP contribution in [0.25, 0.3) is 10.9 Å². The Morgan fingerprint density at radius 3 is 2.37 bits per heavy atom. The van der Waals surface area contributed by atoms with Gasteiger partial charge in [-0.05, 0) is 68.9 Å². The van der Waals surface area contributed by atoms with Crippen molar-refractivity contribution in [3.8, 4) is 5.88 Å². The minimum Gasteiger partial charge on any atom is -0.494 e. The number of benzene rings is 3. The monoisotopic (exact) mass is 553 g/mol. The number of aryl methyl sites for hydroxylation is 1. The first-order valence-corrected chi connectivity index (χ1v) is 13.8. The van der Waals surface area contributed by atoms with Crippen LogP contribution in [-0.2, 0) is 0 Å². The van der Waals surface area contributed by atoms with Crippen molar-refractivity contribution in [1.29, 1.82) is 0 Å². The molecule has 0 atom stereocenters. The number of aromatic amines is 1. The van der Waals surface area contributed by atoms with Crippen LogP contribution in [0, 0.1) is 6.92 Å². The summed E-state index contributed by atoms with van der Waals surface area (Å²) in [4.78, 5) is 36.9. The number of amides is 1. The molecule has 0 saturated carbocycles. The van der Waals surface area contributed by atoms with Crippen molar-refractivity contribution in [3.63, 3.8) is 0 Å². The number of piperazine rings is 1. The number of likely N-dealkylation sites (N-methyl/N-ethyl adjacent to an activating group) is 1. The lowest BCUT2D eigenvalue weighted by Gasteiger charge is -2.32. The van der Waals surface area contributed by atoms with Crippen LogP contribution >= 0.6 is 0 Å². The molecule has 0 bridgehead atoms. The van der Waals surface area contributed by atoms with Crippen molar-refractivity contribution in [1.82, 2.24) is 20.1 Å². The number of aliphatic imine (C=N–C) groups is 1. The molecule has 0 radical (unpaired) electrons. The Morgan fingerprint density at radius 1 is 0.976 bits per heavy atom. The predicted molar refractivity (Wildman–Crippen MR) is 161 cm³/mol. The van der Waals surface area contributed by atoms with Crippen molar-refractivity contribution >= 4 is 34.2 Å². The van der Waals surface area contributed by atoms with E-state index in [1.807, 2.05) is 30.3 Å². The van der Waals surface area contributed by atoms with Gasteiger partial charge in [0.25, 0.3) is 5.91 Å². The number of nitrogens with zero attached hydrogens (tertiary/aromatic N) is 3. The average Bonchev–Trinajstić information content (AvgIpc) is 3.29. The van der Waals surface area contributed by atoms with Gasteiger partial charge in [0.1, 0.15) is 0 Å². The Bertz CT molecular complexity index is 1570. The summed E-state index contributed by atoms with van der Waals surface area (Å²) in [6.07, 6.45) is 0.903. The zero-order valence-corrected chi connectivity index (χ0v) is 23.4. The molecule has 212 valence electrons. The maximum Gasteiger partial charge on any atom is 0.336 e. The van der Waals surface area contributed by atoms with Crippen LogP contribution in [-0.4, -0.2) is 88.9 Å². The van der Waals surface area contributed by atoms with Crippen LogP contribution in [0.1, 0.15) is 43.8 Å². The number of hydrogen-bond acceptors (Lipinski definition) is 6. The van der Waals surface area contributed by atoms with E-state index in [9.17, 15) is 19.8 Å². The van der Waals surface area contributed by atoms with E-state index >= 15 is 0 Å². The fraction of sp³-hybridized carbons (Fsp3) is 0.281. The number of aromatic hydroxyl groups is 1. The van der Waals surface area contributed by atoms with Gasteiger partial charge >= 0.3 is 5.97 Å². The number of nitrogens with one attached hydrogen (secondary N) is 2. The molecule has 0 aliphatic carbocycles. The number of carboxylic acid groups (broad SMARTS) is 1. The van der Waals surface area contributed by atoms with Crippen molar-refractivity contribution in [3.05, 3.63) is 94.5 Å². The van der Waals surface area contributed by atoms with Crippen LogP contribution in [0.2, 0.25) is 0 Å². The normalized spacial score (nSPS) is 14.8. The number of hydrogen-bond donors (Lipinski definition) is 4. The van der Waals surface area contributed by atoms with Gasteiger partial charge in [-0.15, -0.1) is 0 Å². The summed E-state index contributed by atoms with van der Waals surface area (Å²) in [6, 6.07) is 19.8. The summed E-state index contributed by atoms with van der Waals surface area (Å²) in [5.41, 5.74) is 4.20. The molecule has 2 heterocycles. The van der Waals surface area contributed by atoms with E-state index in [0.717, 1.165) is 44.7 Å². The Hall–Kier alpha value is -4.47. The van der Waals surface area contributed by atoms with Gasteiger partial charge < -0.3 is 30.3 Å². The van der Waals surface area contributed by atoms with Crippen molar-refractivity contribution < 1.29 is 19.8 Å². The molecule has 4 N–H and O–H groups in total. The van der Waals surface area contributed by atoms with Gasteiger partial charge in [0.15, 0.2) is 5.88 Å². The van der Waals surface area contributed by atoms with Gasteiger partial charge in [-0.25, -0.2) is 9.79 Å². The standard InChI is InChI=1S/C32H35N5O4/c1-21-19-26-27(20-25(21)32(40)41)35-31(39)28(26)29(22-7-4-3-5-8-22)34-24-11-9-23(10-12-24)30(38)33-13-6-14-37-17-15-36(2)16-18-37/h3-5,7-12,19-20,35,39H,6,13-18H2,1-2H3,(H,33,38)(H,40,41). The largest absolute Gasteiger partial charge is 0.494 e. The lowest BCUT2D eigenvalue weighted by Crippen LogP contribution is -2.45. The van der Waals surface area contributed by atoms with Crippen LogP contribution in [0.15, 0.2) is 71.7 Å². The van der Waals surface area contributed by atoms with E-state index in [2.05, 4.69) is 27.1 Å². The quantitative estimate of drug-likeness (QED) is 0.180. The van der Waals surface area contributed by atoms with Gasteiger partial charge in [0.2, 0.25) is 0 Å². The van der Waals surface area contributed by atoms with E-state index < -0.39 is 5.97 Å². The number of fused-ring (bicyclic) bond motifs is 1. The molecule has 5 rings (SSSR count). The first-order valence-electron chi connectivity index (χ1n) is 13.8. The number of rotatable bonds is 9. The van der Waals surface area contributed by atoms with Crippen LogP contribution < -0.4 is 5.32 Å². The van der Waals surface area contributed by atoms with Gasteiger partial charge in [0, 0.05) is 54.8 Å². The summed E-state index contributed by atoms with van der Waals surface area (Å²) in [6.45, 7) is 7.62. The number of carbonyl (C=O) groups excluding carboxylic acids is 1. The molecular formula is C32H35N5O4. The van der Waals surface area contributed by atoms with Crippen molar-refractivity contribution in [2.75, 3.05) is 46.3 Å². The van der Waals surface area contributed by atoms with Gasteiger partial charge in [-0.3, -0.25) is 4.79 Å². The number of carbonyl (C=O) groups is 2. The Kier molecular flexibility index (Phi) is 8.47. The highest BCUT2D eigenvalue weighted by Crippen LogP contribution is 2.33. The Morgan fingerprint density at radius 2 is 1.68 bits per heavy atom. The Labute approximate surface area is 239 Å². The third kappa shape index (κ3) is 6.48. The van der Waals surface area contributed by atoms with Gasteiger partial charge in [-0.2, -0.15) is 0 Å². The molecule has 41 heavy (non-hydrogen) atoms. The highest BCUT2D eigenvalue weighted by molar-refractivity contribution is 6.22. The first-order chi connectivity index (χ1) is 19.8. The summed E-state index contributed by atoms with van der Waals surface area (Å²) < 4.78 is 0. The second-order valence-corrected chi connectivity index (χ2v) is 10.5. The van der Waals surface area contributed by atoms with E-state index in [4.69, 9.17) is 4.99 Å². The van der Waals surface area contributed by atoms with Crippen molar-refractivity contribution in [2.45, 2.75) is 13.3 Å². The topological polar surface area (TPSA) is 121 Å².